The first-order valence-electron chi connectivity index (χ1n) is 8.74. The highest BCUT2D eigenvalue weighted by molar-refractivity contribution is 9.10. The number of aromatic nitrogens is 1. The van der Waals surface area contributed by atoms with E-state index >= 15 is 0 Å². The number of ketones is 1. The average molecular weight is 442 g/mol. The molecule has 0 aliphatic rings. The number of carbonyl (C=O) groups excluding carboxylic acids is 2. The molecule has 0 radical (unpaired) electrons. The minimum Gasteiger partial charge on any atom is -0.454 e. The molecule has 0 amide bonds. The third-order valence-corrected chi connectivity index (χ3v) is 4.77. The van der Waals surface area contributed by atoms with Gasteiger partial charge in [0, 0.05) is 28.7 Å². The molecule has 0 saturated carbocycles. The van der Waals surface area contributed by atoms with Crippen molar-refractivity contribution in [2.45, 2.75) is 20.8 Å². The Bertz CT molecular complexity index is 1040. The molecule has 6 heteroatoms. The molecule has 3 rings (SSSR count). The fourth-order valence-electron chi connectivity index (χ4n) is 2.97. The van der Waals surface area contributed by atoms with E-state index in [1.54, 1.807) is 12.1 Å². The van der Waals surface area contributed by atoms with Crippen molar-refractivity contribution in [1.82, 2.24) is 4.57 Å². The summed E-state index contributed by atoms with van der Waals surface area (Å²) in [5.74, 6) is -0.334. The van der Waals surface area contributed by atoms with E-state index in [2.05, 4.69) is 15.9 Å². The van der Waals surface area contributed by atoms with Crippen LogP contribution in [0.1, 0.15) is 33.1 Å². The van der Waals surface area contributed by atoms with Gasteiger partial charge in [-0.2, -0.15) is 0 Å². The summed E-state index contributed by atoms with van der Waals surface area (Å²) < 4.78 is 12.9. The Balaban J connectivity index is 1.67. The lowest BCUT2D eigenvalue weighted by Crippen LogP contribution is -2.13. The highest BCUT2D eigenvalue weighted by Crippen LogP contribution is 2.22. The van der Waals surface area contributed by atoms with Gasteiger partial charge < -0.3 is 13.7 Å². The molecular formula is C22H20BrNO4. The molecule has 0 fully saturated rings. The van der Waals surface area contributed by atoms with E-state index < -0.39 is 5.97 Å². The number of Topliss-reactive ketones (excluding diaryl/α,β-unsaturated/α-hetero) is 1. The molecule has 0 unspecified atom stereocenters. The highest BCUT2D eigenvalue weighted by Gasteiger charge is 2.17. The lowest BCUT2D eigenvalue weighted by atomic mass is 10.1. The topological polar surface area (TPSA) is 61.4 Å². The van der Waals surface area contributed by atoms with E-state index in [0.29, 0.717) is 16.0 Å². The molecule has 0 spiro atoms. The first kappa shape index (κ1) is 19.9. The molecule has 3 aromatic rings. The van der Waals surface area contributed by atoms with Crippen molar-refractivity contribution in [3.05, 3.63) is 81.5 Å². The lowest BCUT2D eigenvalue weighted by molar-refractivity contribution is -0.136. The second kappa shape index (κ2) is 8.44. The summed E-state index contributed by atoms with van der Waals surface area (Å²) in [5, 5.41) is 0. The molecule has 2 aromatic heterocycles. The van der Waals surface area contributed by atoms with Crippen LogP contribution >= 0.6 is 15.9 Å². The predicted molar refractivity (Wildman–Crippen MR) is 111 cm³/mol. The van der Waals surface area contributed by atoms with Crippen LogP contribution in [0.3, 0.4) is 0 Å². The number of ether oxygens (including phenoxy) is 1. The summed E-state index contributed by atoms with van der Waals surface area (Å²) in [7, 11) is 0. The molecule has 5 nitrogen and oxygen atoms in total. The fraction of sp³-hybridized carbons (Fsp3) is 0.182. The van der Waals surface area contributed by atoms with Crippen LogP contribution < -0.4 is 0 Å². The Morgan fingerprint density at radius 1 is 1.11 bits per heavy atom. The fourth-order valence-corrected chi connectivity index (χ4v) is 3.29. The smallest absolute Gasteiger partial charge is 0.331 e. The van der Waals surface area contributed by atoms with Crippen LogP contribution in [0.2, 0.25) is 0 Å². The van der Waals surface area contributed by atoms with E-state index in [1.807, 2.05) is 55.7 Å². The zero-order valence-electron chi connectivity index (χ0n) is 15.9. The van der Waals surface area contributed by atoms with Crippen LogP contribution in [0.5, 0.6) is 0 Å². The van der Waals surface area contributed by atoms with E-state index in [-0.39, 0.29) is 12.4 Å². The third kappa shape index (κ3) is 4.51. The van der Waals surface area contributed by atoms with Gasteiger partial charge in [0.05, 0.1) is 0 Å². The maximum absolute atomic E-state index is 12.6. The molecule has 0 aliphatic heterocycles. The van der Waals surface area contributed by atoms with Gasteiger partial charge in [-0.1, -0.05) is 17.7 Å². The van der Waals surface area contributed by atoms with Crippen LogP contribution in [0.25, 0.3) is 11.8 Å². The van der Waals surface area contributed by atoms with Crippen molar-refractivity contribution in [3.8, 4) is 5.69 Å². The number of hydrogen-bond acceptors (Lipinski definition) is 4. The number of halogens is 1. The van der Waals surface area contributed by atoms with Crippen molar-refractivity contribution in [1.29, 1.82) is 0 Å². The van der Waals surface area contributed by atoms with Gasteiger partial charge in [0.1, 0.15) is 5.76 Å². The highest BCUT2D eigenvalue weighted by atomic mass is 79.9. The van der Waals surface area contributed by atoms with Gasteiger partial charge in [0.25, 0.3) is 0 Å². The average Bonchev–Trinajstić information content (AvgIpc) is 3.21. The Morgan fingerprint density at radius 2 is 1.82 bits per heavy atom. The van der Waals surface area contributed by atoms with Crippen LogP contribution in [0, 0.1) is 20.8 Å². The molecule has 0 aliphatic carbocycles. The van der Waals surface area contributed by atoms with E-state index in [0.717, 1.165) is 17.1 Å². The summed E-state index contributed by atoms with van der Waals surface area (Å²) >= 11 is 3.19. The number of hydrogen-bond donors (Lipinski definition) is 0. The summed E-state index contributed by atoms with van der Waals surface area (Å²) in [4.78, 5) is 24.4. The molecule has 1 aromatic carbocycles. The van der Waals surface area contributed by atoms with Gasteiger partial charge in [0.15, 0.2) is 11.3 Å². The van der Waals surface area contributed by atoms with Crippen molar-refractivity contribution in [2.24, 2.45) is 0 Å². The molecule has 0 N–H and O–H groups in total. The Labute approximate surface area is 171 Å². The number of benzene rings is 1. The zero-order chi connectivity index (χ0) is 20.3. The summed E-state index contributed by atoms with van der Waals surface area (Å²) in [5.41, 5.74) is 4.47. The van der Waals surface area contributed by atoms with E-state index in [4.69, 9.17) is 9.15 Å². The van der Waals surface area contributed by atoms with Gasteiger partial charge in [0.2, 0.25) is 5.78 Å². The maximum Gasteiger partial charge on any atom is 0.331 e. The molecule has 0 atom stereocenters. The first-order valence-corrected chi connectivity index (χ1v) is 9.54. The number of aryl methyl sites for hydroxylation is 2. The molecular weight excluding hydrogens is 422 g/mol. The minimum atomic E-state index is -0.604. The van der Waals surface area contributed by atoms with Crippen molar-refractivity contribution in [2.75, 3.05) is 6.61 Å². The van der Waals surface area contributed by atoms with Crippen molar-refractivity contribution < 1.29 is 18.7 Å². The van der Waals surface area contributed by atoms with Crippen LogP contribution in [0.4, 0.5) is 0 Å². The number of furan rings is 1. The number of rotatable bonds is 6. The van der Waals surface area contributed by atoms with Gasteiger partial charge in [-0.25, -0.2) is 4.79 Å². The summed E-state index contributed by atoms with van der Waals surface area (Å²) in [6, 6.07) is 13.3. The number of esters is 1. The van der Waals surface area contributed by atoms with Gasteiger partial charge in [-0.15, -0.1) is 0 Å². The van der Waals surface area contributed by atoms with Gasteiger partial charge >= 0.3 is 5.97 Å². The number of nitrogens with zero attached hydrogens (tertiary/aromatic N) is 1. The molecule has 0 saturated heterocycles. The van der Waals surface area contributed by atoms with Crippen molar-refractivity contribution in [3.63, 3.8) is 0 Å². The molecule has 144 valence electrons. The number of carbonyl (C=O) groups is 2. The van der Waals surface area contributed by atoms with Crippen molar-refractivity contribution >= 4 is 33.8 Å². The van der Waals surface area contributed by atoms with E-state index in [9.17, 15) is 9.59 Å². The Kier molecular flexibility index (Phi) is 5.99. The lowest BCUT2D eigenvalue weighted by Gasteiger charge is -2.10. The second-order valence-corrected chi connectivity index (χ2v) is 7.24. The summed E-state index contributed by atoms with van der Waals surface area (Å²) in [6.07, 6.45) is 2.72. The zero-order valence-corrected chi connectivity index (χ0v) is 17.4. The Morgan fingerprint density at radius 3 is 2.46 bits per heavy atom. The van der Waals surface area contributed by atoms with Gasteiger partial charge in [-0.3, -0.25) is 4.79 Å². The predicted octanol–water partition coefficient (Wildman–Crippen LogP) is 5.20. The standard InChI is InChI=1S/C22H20BrNO4/c1-14-4-6-17(7-5-14)24-15(2)12-19(16(24)3)20(25)13-27-22(26)11-9-18-8-10-21(23)28-18/h4-12H,13H2,1-3H3. The maximum atomic E-state index is 12.6. The second-order valence-electron chi connectivity index (χ2n) is 6.46. The Hall–Kier alpha value is -2.86. The SMILES string of the molecule is Cc1ccc(-n2c(C)cc(C(=O)COC(=O)C=Cc3ccc(Br)o3)c2C)cc1. The molecule has 2 heterocycles. The summed E-state index contributed by atoms with van der Waals surface area (Å²) in [6.45, 7) is 5.54. The molecule has 0 bridgehead atoms. The quantitative estimate of drug-likeness (QED) is 0.299. The van der Waals surface area contributed by atoms with Gasteiger partial charge in [-0.05, 0) is 73.1 Å². The van der Waals surface area contributed by atoms with Crippen LogP contribution in [-0.2, 0) is 9.53 Å². The largest absolute Gasteiger partial charge is 0.454 e. The third-order valence-electron chi connectivity index (χ3n) is 4.35. The normalized spacial score (nSPS) is 11.1. The monoisotopic (exact) mass is 441 g/mol. The molecule has 28 heavy (non-hydrogen) atoms. The minimum absolute atomic E-state index is 0.242. The van der Waals surface area contributed by atoms with E-state index in [1.165, 1.54) is 17.7 Å². The first-order chi connectivity index (χ1) is 13.3. The van der Waals surface area contributed by atoms with Crippen LogP contribution in [-0.4, -0.2) is 22.9 Å². The van der Waals surface area contributed by atoms with Crippen LogP contribution in [0.15, 0.2) is 57.6 Å².